The van der Waals surface area contributed by atoms with Crippen LogP contribution in [0.1, 0.15) is 40.0 Å². The summed E-state index contributed by atoms with van der Waals surface area (Å²) in [6, 6.07) is 0. The van der Waals surface area contributed by atoms with E-state index in [-0.39, 0.29) is 17.1 Å². The Kier molecular flexibility index (Phi) is 2.30. The van der Waals surface area contributed by atoms with Crippen LogP contribution in [0.3, 0.4) is 0 Å². The number of hydrogen-bond donors (Lipinski definition) is 1. The lowest BCUT2D eigenvalue weighted by Gasteiger charge is -2.62. The summed E-state index contributed by atoms with van der Waals surface area (Å²) in [4.78, 5) is 24.8. The van der Waals surface area contributed by atoms with E-state index in [1.165, 1.54) is 4.90 Å². The lowest BCUT2D eigenvalue weighted by atomic mass is 9.51. The normalized spacial score (nSPS) is 34.3. The lowest BCUT2D eigenvalue weighted by molar-refractivity contribution is -0.169. The number of fused-ring (bicyclic) bond motifs is 1. The maximum Gasteiger partial charge on any atom is 0.408 e. The molecule has 0 bridgehead atoms. The van der Waals surface area contributed by atoms with Gasteiger partial charge < -0.3 is 5.11 Å². The molecular weight excluding hydrogens is 206 g/mol. The minimum Gasteiger partial charge on any atom is -0.465 e. The van der Waals surface area contributed by atoms with Gasteiger partial charge in [-0.3, -0.25) is 9.69 Å². The van der Waals surface area contributed by atoms with Crippen molar-refractivity contribution >= 4 is 11.9 Å². The molecule has 0 radical (unpaired) electrons. The van der Waals surface area contributed by atoms with Crippen molar-refractivity contribution < 1.29 is 14.7 Å². The van der Waals surface area contributed by atoms with E-state index < -0.39 is 11.6 Å². The first-order chi connectivity index (χ1) is 7.31. The highest BCUT2D eigenvalue weighted by Gasteiger charge is 2.66. The van der Waals surface area contributed by atoms with Gasteiger partial charge in [0.15, 0.2) is 5.78 Å². The fourth-order valence-corrected chi connectivity index (χ4v) is 3.66. The summed E-state index contributed by atoms with van der Waals surface area (Å²) in [6.07, 6.45) is 1.46. The molecule has 2 atom stereocenters. The van der Waals surface area contributed by atoms with Crippen molar-refractivity contribution in [1.82, 2.24) is 4.90 Å². The van der Waals surface area contributed by atoms with E-state index in [2.05, 4.69) is 0 Å². The average molecular weight is 225 g/mol. The second kappa shape index (κ2) is 3.22. The number of carbonyl (C=O) groups excluding carboxylic acids is 1. The average Bonchev–Trinajstić information content (AvgIpc) is 2.12. The van der Waals surface area contributed by atoms with Crippen LogP contribution in [-0.4, -0.2) is 34.0 Å². The molecule has 0 unspecified atom stereocenters. The number of rotatable bonds is 0. The fraction of sp³-hybridized carbons (Fsp3) is 0.833. The number of ketones is 1. The first-order valence-corrected chi connectivity index (χ1v) is 5.85. The highest BCUT2D eigenvalue weighted by atomic mass is 16.4. The summed E-state index contributed by atoms with van der Waals surface area (Å²) < 4.78 is 0. The molecule has 1 aliphatic carbocycles. The number of likely N-dealkylation sites (tertiary alicyclic amines) is 1. The molecule has 0 spiro atoms. The molecule has 4 heteroatoms. The summed E-state index contributed by atoms with van der Waals surface area (Å²) in [5, 5.41) is 9.28. The fourth-order valence-electron chi connectivity index (χ4n) is 3.66. The number of Topliss-reactive ketones (excluding diaryl/α,β-unsaturated/α-hetero) is 1. The molecule has 1 heterocycles. The van der Waals surface area contributed by atoms with Crippen molar-refractivity contribution in [2.24, 2.45) is 11.3 Å². The van der Waals surface area contributed by atoms with E-state index in [1.54, 1.807) is 0 Å². The Balaban J connectivity index is 2.46. The molecule has 1 saturated heterocycles. The molecule has 0 aromatic heterocycles. The van der Waals surface area contributed by atoms with Crippen molar-refractivity contribution in [3.05, 3.63) is 0 Å². The second-order valence-corrected chi connectivity index (χ2v) is 5.92. The molecule has 0 aromatic rings. The van der Waals surface area contributed by atoms with Gasteiger partial charge in [-0.1, -0.05) is 20.8 Å². The van der Waals surface area contributed by atoms with Gasteiger partial charge in [-0.2, -0.15) is 0 Å². The zero-order chi connectivity index (χ0) is 12.1. The minimum atomic E-state index is -0.951. The van der Waals surface area contributed by atoms with E-state index in [0.29, 0.717) is 13.0 Å². The molecule has 4 nitrogen and oxygen atoms in total. The Morgan fingerprint density at radius 3 is 2.50 bits per heavy atom. The van der Waals surface area contributed by atoms with Crippen LogP contribution in [0.15, 0.2) is 0 Å². The topological polar surface area (TPSA) is 57.6 Å². The van der Waals surface area contributed by atoms with Crippen LogP contribution < -0.4 is 0 Å². The van der Waals surface area contributed by atoms with Gasteiger partial charge >= 0.3 is 6.09 Å². The Bertz CT molecular complexity index is 345. The number of carbonyl (C=O) groups is 2. The van der Waals surface area contributed by atoms with Crippen LogP contribution >= 0.6 is 0 Å². The standard InChI is InChI=1S/C12H19NO3/c1-11(2,3)12-8(7-9(12)14)5-4-6-13(12)10(15)16/h8H,4-7H2,1-3H3,(H,15,16)/t8-,12-/m1/s1. The van der Waals surface area contributed by atoms with Gasteiger partial charge in [0.1, 0.15) is 5.54 Å². The third kappa shape index (κ3) is 1.16. The van der Waals surface area contributed by atoms with Gasteiger partial charge in [0.2, 0.25) is 0 Å². The third-order valence-corrected chi connectivity index (χ3v) is 4.18. The van der Waals surface area contributed by atoms with E-state index in [1.807, 2.05) is 20.8 Å². The first-order valence-electron chi connectivity index (χ1n) is 5.85. The van der Waals surface area contributed by atoms with Gasteiger partial charge in [0, 0.05) is 13.0 Å². The molecule has 2 aliphatic rings. The van der Waals surface area contributed by atoms with Crippen LogP contribution in [0.5, 0.6) is 0 Å². The molecule has 90 valence electrons. The van der Waals surface area contributed by atoms with E-state index in [0.717, 1.165) is 12.8 Å². The van der Waals surface area contributed by atoms with Crippen LogP contribution in [0, 0.1) is 11.3 Å². The van der Waals surface area contributed by atoms with Crippen molar-refractivity contribution in [1.29, 1.82) is 0 Å². The summed E-state index contributed by atoms with van der Waals surface area (Å²) in [5.74, 6) is 0.331. The molecule has 2 fully saturated rings. The highest BCUT2D eigenvalue weighted by molar-refractivity contribution is 5.98. The number of amides is 1. The van der Waals surface area contributed by atoms with Gasteiger partial charge in [-0.05, 0) is 24.2 Å². The predicted molar refractivity (Wildman–Crippen MR) is 59.3 cm³/mol. The smallest absolute Gasteiger partial charge is 0.408 e. The Hall–Kier alpha value is -1.06. The number of carboxylic acid groups (broad SMARTS) is 1. The molecule has 1 N–H and O–H groups in total. The zero-order valence-corrected chi connectivity index (χ0v) is 10.1. The van der Waals surface area contributed by atoms with Crippen molar-refractivity contribution in [2.75, 3.05) is 6.54 Å². The van der Waals surface area contributed by atoms with E-state index >= 15 is 0 Å². The monoisotopic (exact) mass is 225 g/mol. The minimum absolute atomic E-state index is 0.104. The summed E-state index contributed by atoms with van der Waals surface area (Å²) in [7, 11) is 0. The largest absolute Gasteiger partial charge is 0.465 e. The van der Waals surface area contributed by atoms with Gasteiger partial charge in [0.05, 0.1) is 0 Å². The quantitative estimate of drug-likeness (QED) is 0.687. The highest BCUT2D eigenvalue weighted by Crippen LogP contribution is 2.55. The predicted octanol–water partition coefficient (Wildman–Crippen LogP) is 2.13. The molecule has 1 saturated carbocycles. The Labute approximate surface area is 95.6 Å². The number of hydrogen-bond acceptors (Lipinski definition) is 2. The Morgan fingerprint density at radius 2 is 2.12 bits per heavy atom. The van der Waals surface area contributed by atoms with Gasteiger partial charge in [0.25, 0.3) is 0 Å². The zero-order valence-electron chi connectivity index (χ0n) is 10.1. The van der Waals surface area contributed by atoms with E-state index in [4.69, 9.17) is 0 Å². The van der Waals surface area contributed by atoms with Gasteiger partial charge in [-0.25, -0.2) is 4.79 Å². The van der Waals surface area contributed by atoms with E-state index in [9.17, 15) is 14.7 Å². The maximum atomic E-state index is 12.0. The third-order valence-electron chi connectivity index (χ3n) is 4.18. The lowest BCUT2D eigenvalue weighted by Crippen LogP contribution is -2.75. The van der Waals surface area contributed by atoms with Crippen molar-refractivity contribution in [3.8, 4) is 0 Å². The van der Waals surface area contributed by atoms with Crippen LogP contribution in [0.2, 0.25) is 0 Å². The molecular formula is C12H19NO3. The molecule has 1 amide bonds. The van der Waals surface area contributed by atoms with Crippen LogP contribution in [-0.2, 0) is 4.79 Å². The second-order valence-electron chi connectivity index (χ2n) is 5.92. The summed E-state index contributed by atoms with van der Waals surface area (Å²) in [6.45, 7) is 6.41. The molecule has 0 aromatic carbocycles. The summed E-state index contributed by atoms with van der Waals surface area (Å²) in [5.41, 5.74) is -1.07. The number of nitrogens with zero attached hydrogens (tertiary/aromatic N) is 1. The van der Waals surface area contributed by atoms with Crippen LogP contribution in [0.25, 0.3) is 0 Å². The number of piperidine rings is 1. The Morgan fingerprint density at radius 1 is 1.50 bits per heavy atom. The summed E-state index contributed by atoms with van der Waals surface area (Å²) >= 11 is 0. The van der Waals surface area contributed by atoms with Crippen molar-refractivity contribution in [3.63, 3.8) is 0 Å². The molecule has 1 aliphatic heterocycles. The molecule has 16 heavy (non-hydrogen) atoms. The van der Waals surface area contributed by atoms with Crippen LogP contribution in [0.4, 0.5) is 4.79 Å². The van der Waals surface area contributed by atoms with Crippen molar-refractivity contribution in [2.45, 2.75) is 45.6 Å². The first kappa shape index (κ1) is 11.4. The SMILES string of the molecule is CC(C)(C)[C@]12C(=O)C[C@H]1CCCN2C(=O)O. The maximum absolute atomic E-state index is 12.0. The molecule has 2 rings (SSSR count). The van der Waals surface area contributed by atoms with Gasteiger partial charge in [-0.15, -0.1) is 0 Å².